The number of amides is 1. The van der Waals surface area contributed by atoms with E-state index < -0.39 is 16.0 Å². The summed E-state index contributed by atoms with van der Waals surface area (Å²) in [5.74, 6) is -0.0164. The number of aromatic nitrogens is 1. The molecule has 2 rings (SSSR count). The molecule has 26 heavy (non-hydrogen) atoms. The van der Waals surface area contributed by atoms with Gasteiger partial charge in [-0.05, 0) is 25.1 Å². The molecule has 1 aromatic carbocycles. The minimum Gasteiger partial charge on any atom is -0.496 e. The summed E-state index contributed by atoms with van der Waals surface area (Å²) in [4.78, 5) is 19.4. The Morgan fingerprint density at radius 2 is 1.96 bits per heavy atom. The van der Waals surface area contributed by atoms with Crippen LogP contribution in [0.2, 0.25) is 5.02 Å². The maximum atomic E-state index is 11.8. The van der Waals surface area contributed by atoms with Crippen LogP contribution < -0.4 is 16.2 Å². The first kappa shape index (κ1) is 21.4. The quantitative estimate of drug-likeness (QED) is 0.386. The molecule has 10 nitrogen and oxygen atoms in total. The Bertz CT molecular complexity index is 927. The summed E-state index contributed by atoms with van der Waals surface area (Å²) in [5.41, 5.74) is 10.9. The highest BCUT2D eigenvalue weighted by Crippen LogP contribution is 2.33. The smallest absolute Gasteiger partial charge is 0.302 e. The number of ether oxygens (including phenoxy) is 1. The largest absolute Gasteiger partial charge is 0.496 e. The second-order valence-electron chi connectivity index (χ2n) is 4.84. The summed E-state index contributed by atoms with van der Waals surface area (Å²) in [6.07, 6.45) is 0.715. The van der Waals surface area contributed by atoms with Crippen LogP contribution in [0.15, 0.2) is 27.6 Å². The number of methoxy groups -OCH3 is 1. The van der Waals surface area contributed by atoms with E-state index in [-0.39, 0.29) is 17.5 Å². The number of oxazole rings is 1. The molecule has 1 aromatic heterocycles. The normalized spacial score (nSPS) is 10.5. The van der Waals surface area contributed by atoms with Gasteiger partial charge >= 0.3 is 5.91 Å². The third kappa shape index (κ3) is 6.70. The Balaban J connectivity index is 0.000000597. The van der Waals surface area contributed by atoms with E-state index in [0.29, 0.717) is 28.4 Å². The van der Waals surface area contributed by atoms with Crippen molar-refractivity contribution in [2.24, 2.45) is 16.5 Å². The number of benzene rings is 1. The molecule has 0 bridgehead atoms. The van der Waals surface area contributed by atoms with Crippen LogP contribution in [0.1, 0.15) is 16.2 Å². The Morgan fingerprint density at radius 3 is 2.46 bits per heavy atom. The lowest BCUT2D eigenvalue weighted by molar-refractivity contribution is 0.0997. The van der Waals surface area contributed by atoms with Crippen LogP contribution in [0, 0.1) is 6.92 Å². The number of rotatable bonds is 3. The third-order valence-corrected chi connectivity index (χ3v) is 2.86. The monoisotopic (exact) mass is 404 g/mol. The zero-order valence-electron chi connectivity index (χ0n) is 14.1. The van der Waals surface area contributed by atoms with Gasteiger partial charge in [-0.25, -0.2) is 4.98 Å². The summed E-state index contributed by atoms with van der Waals surface area (Å²) in [6, 6.07) is 4.97. The van der Waals surface area contributed by atoms with Crippen molar-refractivity contribution < 1.29 is 26.9 Å². The van der Waals surface area contributed by atoms with Gasteiger partial charge in [-0.15, -0.1) is 0 Å². The van der Waals surface area contributed by atoms with Gasteiger partial charge in [-0.2, -0.15) is 13.4 Å². The lowest BCUT2D eigenvalue weighted by Crippen LogP contribution is -2.24. The van der Waals surface area contributed by atoms with Gasteiger partial charge in [-0.1, -0.05) is 11.6 Å². The van der Waals surface area contributed by atoms with Gasteiger partial charge in [0.1, 0.15) is 11.5 Å². The van der Waals surface area contributed by atoms with E-state index in [0.717, 1.165) is 0 Å². The lowest BCUT2D eigenvalue weighted by Gasteiger charge is -2.05. The van der Waals surface area contributed by atoms with Crippen molar-refractivity contribution in [2.45, 2.75) is 6.92 Å². The highest BCUT2D eigenvalue weighted by molar-refractivity contribution is 7.85. The molecule has 0 radical (unpaired) electrons. The molecule has 0 saturated carbocycles. The van der Waals surface area contributed by atoms with Crippen molar-refractivity contribution in [3.05, 3.63) is 34.7 Å². The summed E-state index contributed by atoms with van der Waals surface area (Å²) >= 11 is 5.95. The summed E-state index contributed by atoms with van der Waals surface area (Å²) < 4.78 is 36.6. The Hall–Kier alpha value is -2.63. The Morgan fingerprint density at radius 1 is 1.38 bits per heavy atom. The molecule has 2 aromatic rings. The van der Waals surface area contributed by atoms with E-state index in [1.54, 1.807) is 25.1 Å². The van der Waals surface area contributed by atoms with Crippen LogP contribution in [-0.4, -0.2) is 43.2 Å². The number of aliphatic imine (C=N–C) groups is 1. The van der Waals surface area contributed by atoms with Crippen molar-refractivity contribution >= 4 is 33.6 Å². The number of nitrogens with zero attached hydrogens (tertiary/aromatic N) is 2. The fourth-order valence-corrected chi connectivity index (χ4v) is 1.90. The molecule has 0 saturated heterocycles. The molecule has 142 valence electrons. The van der Waals surface area contributed by atoms with Gasteiger partial charge in [0.2, 0.25) is 5.89 Å². The molecule has 12 heteroatoms. The van der Waals surface area contributed by atoms with Crippen molar-refractivity contribution in [1.82, 2.24) is 4.98 Å². The van der Waals surface area contributed by atoms with Crippen LogP contribution in [0.5, 0.6) is 5.75 Å². The fraction of sp³-hybridized carbons (Fsp3) is 0.214. The van der Waals surface area contributed by atoms with Crippen molar-refractivity contribution in [1.29, 1.82) is 0 Å². The molecular weight excluding hydrogens is 388 g/mol. The minimum atomic E-state index is -3.67. The number of hydrogen-bond donors (Lipinski definition) is 3. The zero-order valence-corrected chi connectivity index (χ0v) is 15.6. The van der Waals surface area contributed by atoms with E-state index in [9.17, 15) is 13.2 Å². The predicted octanol–water partition coefficient (Wildman–Crippen LogP) is 1.23. The number of nitrogens with two attached hydrogens (primary N) is 2. The average molecular weight is 405 g/mol. The average Bonchev–Trinajstić information content (AvgIpc) is 2.86. The van der Waals surface area contributed by atoms with Crippen LogP contribution >= 0.6 is 11.6 Å². The van der Waals surface area contributed by atoms with Gasteiger partial charge < -0.3 is 20.6 Å². The maximum absolute atomic E-state index is 11.8. The van der Waals surface area contributed by atoms with E-state index in [1.165, 1.54) is 7.11 Å². The standard InChI is InChI=1S/C13H13ClN4O3.CH4O3S/c1-6-10(11(19)18-13(15)16)17-12(21-6)8-5-7(14)3-4-9(8)20-2;1-5(2,3)4/h3-5H,1-2H3,(H4,15,16,18,19);1H3,(H,2,3,4). The predicted molar refractivity (Wildman–Crippen MR) is 95.9 cm³/mol. The van der Waals surface area contributed by atoms with E-state index in [4.69, 9.17) is 36.8 Å². The SMILES string of the molecule is COc1ccc(Cl)cc1-c1nc(C(=O)N=C(N)N)c(C)o1.CS(=O)(=O)O. The van der Waals surface area contributed by atoms with Gasteiger partial charge in [0.05, 0.1) is 18.9 Å². The lowest BCUT2D eigenvalue weighted by atomic mass is 10.2. The van der Waals surface area contributed by atoms with Gasteiger partial charge in [0.15, 0.2) is 11.7 Å². The molecule has 0 aliphatic rings. The first-order valence-electron chi connectivity index (χ1n) is 6.80. The van der Waals surface area contributed by atoms with E-state index >= 15 is 0 Å². The molecule has 1 amide bonds. The molecule has 0 unspecified atom stereocenters. The van der Waals surface area contributed by atoms with Crippen LogP contribution in [0.25, 0.3) is 11.5 Å². The number of hydrogen-bond acceptors (Lipinski definition) is 6. The van der Waals surface area contributed by atoms with Crippen LogP contribution in [0.3, 0.4) is 0 Å². The summed E-state index contributed by atoms with van der Waals surface area (Å²) in [5, 5.41) is 0.485. The summed E-state index contributed by atoms with van der Waals surface area (Å²) in [6.45, 7) is 1.59. The number of carbonyl (C=O) groups excluding carboxylic acids is 1. The Labute approximate surface area is 154 Å². The van der Waals surface area contributed by atoms with Crippen molar-refractivity contribution in [3.8, 4) is 17.2 Å². The highest BCUT2D eigenvalue weighted by atomic mass is 35.5. The maximum Gasteiger partial charge on any atom is 0.302 e. The van der Waals surface area contributed by atoms with Crippen molar-refractivity contribution in [2.75, 3.05) is 13.4 Å². The third-order valence-electron chi connectivity index (χ3n) is 2.62. The molecule has 1 heterocycles. The number of aryl methyl sites for hydroxylation is 1. The van der Waals surface area contributed by atoms with Crippen molar-refractivity contribution in [3.63, 3.8) is 0 Å². The highest BCUT2D eigenvalue weighted by Gasteiger charge is 2.20. The number of guanidine groups is 1. The van der Waals surface area contributed by atoms with Crippen LogP contribution in [-0.2, 0) is 10.1 Å². The van der Waals surface area contributed by atoms with Gasteiger partial charge in [0, 0.05) is 5.02 Å². The topological polar surface area (TPSA) is 171 Å². The second-order valence-corrected chi connectivity index (χ2v) is 6.75. The number of halogens is 1. The van der Waals surface area contributed by atoms with E-state index in [2.05, 4.69) is 9.98 Å². The van der Waals surface area contributed by atoms with Crippen LogP contribution in [0.4, 0.5) is 0 Å². The molecule has 5 N–H and O–H groups in total. The molecular formula is C14H17ClN4O6S. The summed E-state index contributed by atoms with van der Waals surface area (Å²) in [7, 11) is -2.16. The van der Waals surface area contributed by atoms with Gasteiger partial charge in [-0.3, -0.25) is 9.35 Å². The molecule has 0 atom stereocenters. The molecule has 0 aliphatic heterocycles. The number of carbonyl (C=O) groups is 1. The molecule has 0 aliphatic carbocycles. The second kappa shape index (κ2) is 8.65. The molecule has 0 spiro atoms. The first-order chi connectivity index (χ1) is 11.9. The zero-order chi connectivity index (χ0) is 20.1. The minimum absolute atomic E-state index is 0.0282. The van der Waals surface area contributed by atoms with Gasteiger partial charge in [0.25, 0.3) is 10.1 Å². The Kier molecular flexibility index (Phi) is 7.12. The fourth-order valence-electron chi connectivity index (χ4n) is 1.73. The molecule has 0 fully saturated rings. The first-order valence-corrected chi connectivity index (χ1v) is 9.02. The van der Waals surface area contributed by atoms with E-state index in [1.807, 2.05) is 0 Å².